The minimum absolute atomic E-state index is 0.0112. The number of anilines is 1. The van der Waals surface area contributed by atoms with Crippen molar-refractivity contribution in [3.05, 3.63) is 81.7 Å². The van der Waals surface area contributed by atoms with Crippen LogP contribution in [0.3, 0.4) is 0 Å². The third-order valence-electron chi connectivity index (χ3n) is 4.33. The van der Waals surface area contributed by atoms with E-state index in [4.69, 9.17) is 0 Å². The maximum Gasteiger partial charge on any atom is 0.270 e. The van der Waals surface area contributed by atoms with E-state index in [0.717, 1.165) is 16.6 Å². The first-order chi connectivity index (χ1) is 15.6. The van der Waals surface area contributed by atoms with E-state index < -0.39 is 4.92 Å². The lowest BCUT2D eigenvalue weighted by Gasteiger charge is -2.10. The molecule has 1 N–H and O–H groups in total. The Morgan fingerprint density at radius 2 is 2.00 bits per heavy atom. The lowest BCUT2D eigenvalue weighted by Crippen LogP contribution is -2.15. The molecule has 158 valence electrons. The van der Waals surface area contributed by atoms with Gasteiger partial charge in [-0.2, -0.15) is 5.26 Å². The van der Waals surface area contributed by atoms with Gasteiger partial charge in [-0.05, 0) is 29.6 Å². The molecule has 32 heavy (non-hydrogen) atoms. The van der Waals surface area contributed by atoms with Gasteiger partial charge in [-0.25, -0.2) is 0 Å². The summed E-state index contributed by atoms with van der Waals surface area (Å²) in [5.41, 5.74) is 0.884. The van der Waals surface area contributed by atoms with Crippen LogP contribution in [0.2, 0.25) is 0 Å². The molecule has 0 radical (unpaired) electrons. The topological polar surface area (TPSA) is 127 Å². The molecule has 0 saturated carbocycles. The summed E-state index contributed by atoms with van der Waals surface area (Å²) in [7, 11) is 0. The Labute approximate surface area is 190 Å². The number of amides is 1. The molecule has 0 saturated heterocycles. The summed E-state index contributed by atoms with van der Waals surface area (Å²) < 4.78 is 1.89. The first-order valence-electron chi connectivity index (χ1n) is 9.22. The van der Waals surface area contributed by atoms with Crippen molar-refractivity contribution < 1.29 is 9.72 Å². The van der Waals surface area contributed by atoms with Crippen LogP contribution in [0.4, 0.5) is 11.4 Å². The number of nitro benzene ring substituents is 1. The second kappa shape index (κ2) is 9.42. The van der Waals surface area contributed by atoms with Crippen LogP contribution in [0.1, 0.15) is 5.56 Å². The van der Waals surface area contributed by atoms with Gasteiger partial charge in [0.2, 0.25) is 5.91 Å². The fourth-order valence-corrected chi connectivity index (χ4v) is 4.35. The van der Waals surface area contributed by atoms with Crippen LogP contribution in [0, 0.1) is 21.4 Å². The number of thiophene rings is 1. The van der Waals surface area contributed by atoms with Crippen molar-refractivity contribution in [2.75, 3.05) is 11.1 Å². The van der Waals surface area contributed by atoms with Gasteiger partial charge in [0.15, 0.2) is 11.0 Å². The van der Waals surface area contributed by atoms with Gasteiger partial charge in [0.1, 0.15) is 6.07 Å². The molecule has 9 nitrogen and oxygen atoms in total. The Hall–Kier alpha value is -4.01. The molecule has 2 aromatic heterocycles. The number of thioether (sulfide) groups is 1. The summed E-state index contributed by atoms with van der Waals surface area (Å²) in [6.07, 6.45) is 0. The van der Waals surface area contributed by atoms with E-state index in [2.05, 4.69) is 15.5 Å². The van der Waals surface area contributed by atoms with E-state index in [1.807, 2.05) is 58.5 Å². The highest BCUT2D eigenvalue weighted by molar-refractivity contribution is 7.99. The van der Waals surface area contributed by atoms with Gasteiger partial charge < -0.3 is 5.32 Å². The van der Waals surface area contributed by atoms with Crippen LogP contribution in [0.25, 0.3) is 16.4 Å². The van der Waals surface area contributed by atoms with E-state index in [0.29, 0.717) is 11.0 Å². The summed E-state index contributed by atoms with van der Waals surface area (Å²) in [5.74, 6) is 0.314. The zero-order chi connectivity index (χ0) is 22.5. The molecule has 0 aliphatic heterocycles. The maximum absolute atomic E-state index is 12.5. The number of carbonyl (C=O) groups excluding carboxylic acids is 1. The molecule has 11 heteroatoms. The Morgan fingerprint density at radius 3 is 2.69 bits per heavy atom. The van der Waals surface area contributed by atoms with Crippen molar-refractivity contribution in [3.63, 3.8) is 0 Å². The van der Waals surface area contributed by atoms with E-state index >= 15 is 0 Å². The minimum atomic E-state index is -0.593. The molecule has 0 aliphatic carbocycles. The van der Waals surface area contributed by atoms with Crippen LogP contribution in [-0.4, -0.2) is 31.3 Å². The summed E-state index contributed by atoms with van der Waals surface area (Å²) >= 11 is 2.74. The maximum atomic E-state index is 12.5. The highest BCUT2D eigenvalue weighted by atomic mass is 32.2. The molecule has 0 aliphatic rings. The predicted octanol–water partition coefficient (Wildman–Crippen LogP) is 4.51. The van der Waals surface area contributed by atoms with Crippen LogP contribution in [0.15, 0.2) is 71.2 Å². The lowest BCUT2D eigenvalue weighted by atomic mass is 10.1. The number of para-hydroxylation sites is 1. The number of nitrogens with one attached hydrogen (secondary N) is 1. The van der Waals surface area contributed by atoms with Crippen molar-refractivity contribution in [1.82, 2.24) is 14.8 Å². The number of benzene rings is 2. The SMILES string of the molecule is N#Cc1cc([N+](=O)[O-])ccc1NC(=O)CSc1nnc(-c2cccs2)n1-c1ccccc1. The molecular formula is C21H14N6O3S2. The largest absolute Gasteiger partial charge is 0.324 e. The van der Waals surface area contributed by atoms with Crippen molar-refractivity contribution >= 4 is 40.4 Å². The first kappa shape index (κ1) is 21.2. The second-order valence-corrected chi connectivity index (χ2v) is 8.28. The number of nitrogens with zero attached hydrogens (tertiary/aromatic N) is 5. The fourth-order valence-electron chi connectivity index (χ4n) is 2.90. The first-order valence-corrected chi connectivity index (χ1v) is 11.1. The van der Waals surface area contributed by atoms with Gasteiger partial charge in [-0.3, -0.25) is 19.5 Å². The van der Waals surface area contributed by atoms with Crippen molar-refractivity contribution in [2.45, 2.75) is 5.16 Å². The van der Waals surface area contributed by atoms with E-state index in [1.54, 1.807) is 11.3 Å². The van der Waals surface area contributed by atoms with Gasteiger partial charge in [-0.15, -0.1) is 21.5 Å². The van der Waals surface area contributed by atoms with Crippen molar-refractivity contribution in [1.29, 1.82) is 5.26 Å². The van der Waals surface area contributed by atoms with Gasteiger partial charge in [0.05, 0.1) is 26.8 Å². The zero-order valence-electron chi connectivity index (χ0n) is 16.3. The van der Waals surface area contributed by atoms with Gasteiger partial charge in [0.25, 0.3) is 5.69 Å². The summed E-state index contributed by atoms with van der Waals surface area (Å²) in [4.78, 5) is 23.8. The van der Waals surface area contributed by atoms with Gasteiger partial charge >= 0.3 is 0 Å². The fraction of sp³-hybridized carbons (Fsp3) is 0.0476. The number of carbonyl (C=O) groups is 1. The number of hydrogen-bond donors (Lipinski definition) is 1. The Bertz CT molecular complexity index is 1310. The molecule has 4 aromatic rings. The normalized spacial score (nSPS) is 10.5. The number of rotatable bonds is 7. The predicted molar refractivity (Wildman–Crippen MR) is 122 cm³/mol. The molecule has 0 bridgehead atoms. The molecule has 0 fully saturated rings. The Kier molecular flexibility index (Phi) is 6.25. The molecule has 1 amide bonds. The number of hydrogen-bond acceptors (Lipinski definition) is 8. The van der Waals surface area contributed by atoms with Gasteiger partial charge in [-0.1, -0.05) is 36.0 Å². The number of nitro groups is 1. The van der Waals surface area contributed by atoms with Crippen molar-refractivity contribution in [2.24, 2.45) is 0 Å². The summed E-state index contributed by atoms with van der Waals surface area (Å²) in [6.45, 7) is 0. The van der Waals surface area contributed by atoms with Gasteiger partial charge in [0, 0.05) is 17.8 Å². The average Bonchev–Trinajstić information content (AvgIpc) is 3.48. The van der Waals surface area contributed by atoms with Crippen LogP contribution >= 0.6 is 23.1 Å². The molecule has 0 unspecified atom stereocenters. The lowest BCUT2D eigenvalue weighted by molar-refractivity contribution is -0.384. The van der Waals surface area contributed by atoms with Crippen molar-refractivity contribution in [3.8, 4) is 22.5 Å². The third kappa shape index (κ3) is 4.51. The Balaban J connectivity index is 1.54. The highest BCUT2D eigenvalue weighted by Gasteiger charge is 2.18. The smallest absolute Gasteiger partial charge is 0.270 e. The average molecular weight is 463 g/mol. The molecule has 2 heterocycles. The molecule has 0 atom stereocenters. The molecule has 0 spiro atoms. The quantitative estimate of drug-likeness (QED) is 0.243. The minimum Gasteiger partial charge on any atom is -0.324 e. The van der Waals surface area contributed by atoms with Crippen LogP contribution in [-0.2, 0) is 4.79 Å². The third-order valence-corrected chi connectivity index (χ3v) is 6.12. The number of nitriles is 1. The van der Waals surface area contributed by atoms with E-state index in [-0.39, 0.29) is 28.6 Å². The second-order valence-electron chi connectivity index (χ2n) is 6.39. The summed E-state index contributed by atoms with van der Waals surface area (Å²) in [5, 5.41) is 33.8. The number of aromatic nitrogens is 3. The standard InChI is InChI=1S/C21H14N6O3S2/c22-12-14-11-16(27(29)30)8-9-17(14)23-19(28)13-32-21-25-24-20(18-7-4-10-31-18)26(21)15-5-2-1-3-6-15/h1-11H,13H2,(H,23,28). The van der Waals surface area contributed by atoms with Crippen LogP contribution in [0.5, 0.6) is 0 Å². The zero-order valence-corrected chi connectivity index (χ0v) is 18.0. The molecule has 4 rings (SSSR count). The van der Waals surface area contributed by atoms with E-state index in [1.165, 1.54) is 23.9 Å². The Morgan fingerprint density at radius 1 is 1.19 bits per heavy atom. The number of non-ortho nitro benzene ring substituents is 1. The monoisotopic (exact) mass is 462 g/mol. The summed E-state index contributed by atoms with van der Waals surface area (Å²) in [6, 6.07) is 19.1. The van der Waals surface area contributed by atoms with E-state index in [9.17, 15) is 20.2 Å². The molecule has 2 aromatic carbocycles. The molecular weight excluding hydrogens is 448 g/mol. The van der Waals surface area contributed by atoms with Crippen LogP contribution < -0.4 is 5.32 Å². The highest BCUT2D eigenvalue weighted by Crippen LogP contribution is 2.30.